The molecule has 8 heteroatoms. The van der Waals surface area contributed by atoms with Gasteiger partial charge in [0.1, 0.15) is 6.04 Å². The van der Waals surface area contributed by atoms with Gasteiger partial charge in [0.25, 0.3) is 15.9 Å². The number of rotatable bonds is 7. The molecule has 1 heterocycles. The number of carbonyl (C=O) groups excluding carboxylic acids is 1. The first-order valence-electron chi connectivity index (χ1n) is 8.15. The maximum Gasteiger partial charge on any atom is 0.326 e. The number of carboxylic acids is 1. The largest absolute Gasteiger partial charge is 0.480 e. The lowest BCUT2D eigenvalue weighted by Gasteiger charge is -2.15. The summed E-state index contributed by atoms with van der Waals surface area (Å²) in [5, 5.41) is 11.6. The van der Waals surface area contributed by atoms with Crippen molar-refractivity contribution in [2.24, 2.45) is 5.92 Å². The molecule has 0 saturated carbocycles. The third-order valence-electron chi connectivity index (χ3n) is 3.84. The number of amides is 1. The number of aromatic nitrogens is 1. The summed E-state index contributed by atoms with van der Waals surface area (Å²) >= 11 is 0. The molecule has 7 nitrogen and oxygen atoms in total. The van der Waals surface area contributed by atoms with Gasteiger partial charge in [-0.1, -0.05) is 31.5 Å². The quantitative estimate of drug-likeness (QED) is 0.769. The fraction of sp³-hybridized carbons (Fsp3) is 0.333. The second-order valence-corrected chi connectivity index (χ2v) is 8.39. The van der Waals surface area contributed by atoms with E-state index < -0.39 is 27.9 Å². The molecule has 1 unspecified atom stereocenters. The lowest BCUT2D eigenvalue weighted by atomic mass is 10.0. The van der Waals surface area contributed by atoms with E-state index in [9.17, 15) is 23.1 Å². The van der Waals surface area contributed by atoms with Gasteiger partial charge in [0.05, 0.1) is 10.5 Å². The number of carbonyl (C=O) groups is 2. The van der Waals surface area contributed by atoms with Gasteiger partial charge in [-0.2, -0.15) is 0 Å². The van der Waals surface area contributed by atoms with Crippen LogP contribution in [0.5, 0.6) is 0 Å². The Morgan fingerprint density at radius 2 is 1.77 bits per heavy atom. The normalized spacial score (nSPS) is 12.8. The zero-order chi connectivity index (χ0) is 19.5. The summed E-state index contributed by atoms with van der Waals surface area (Å²) < 4.78 is 26.1. The van der Waals surface area contributed by atoms with E-state index in [2.05, 4.69) is 5.32 Å². The maximum absolute atomic E-state index is 12.6. The van der Waals surface area contributed by atoms with Gasteiger partial charge in [-0.25, -0.2) is 17.2 Å². The molecule has 0 bridgehead atoms. The minimum absolute atomic E-state index is 0.0793. The van der Waals surface area contributed by atoms with Crippen LogP contribution in [0.1, 0.15) is 36.2 Å². The van der Waals surface area contributed by atoms with Gasteiger partial charge in [0, 0.05) is 12.4 Å². The van der Waals surface area contributed by atoms with Crippen LogP contribution in [0.2, 0.25) is 0 Å². The standard InChI is InChI=1S/C18H22N2O5S/c1-12(2)10-16(18(22)23)19-17(21)14-8-9-20(11-14)26(24,25)15-6-4-13(3)5-7-15/h4-9,11-12,16H,10H2,1-3H3,(H,19,21)(H,22,23). The van der Waals surface area contributed by atoms with Crippen LogP contribution in [0.3, 0.4) is 0 Å². The maximum atomic E-state index is 12.6. The van der Waals surface area contributed by atoms with E-state index in [-0.39, 0.29) is 22.8 Å². The molecule has 0 fully saturated rings. The highest BCUT2D eigenvalue weighted by atomic mass is 32.2. The molecule has 1 aromatic carbocycles. The fourth-order valence-electron chi connectivity index (χ4n) is 2.43. The van der Waals surface area contributed by atoms with Crippen molar-refractivity contribution in [3.05, 3.63) is 53.9 Å². The van der Waals surface area contributed by atoms with Crippen LogP contribution in [0.4, 0.5) is 0 Å². The molecule has 0 spiro atoms. The Morgan fingerprint density at radius 3 is 2.31 bits per heavy atom. The smallest absolute Gasteiger partial charge is 0.326 e. The first-order valence-corrected chi connectivity index (χ1v) is 9.59. The van der Waals surface area contributed by atoms with Crippen molar-refractivity contribution < 1.29 is 23.1 Å². The average molecular weight is 378 g/mol. The van der Waals surface area contributed by atoms with E-state index in [0.29, 0.717) is 0 Å². The highest BCUT2D eigenvalue weighted by Gasteiger charge is 2.23. The monoisotopic (exact) mass is 378 g/mol. The van der Waals surface area contributed by atoms with Crippen LogP contribution in [-0.4, -0.2) is 35.4 Å². The molecular weight excluding hydrogens is 356 g/mol. The second kappa shape index (κ2) is 7.74. The van der Waals surface area contributed by atoms with E-state index in [4.69, 9.17) is 0 Å². The summed E-state index contributed by atoms with van der Waals surface area (Å²) in [6.07, 6.45) is 2.73. The minimum atomic E-state index is -3.81. The SMILES string of the molecule is Cc1ccc(S(=O)(=O)n2ccc(C(=O)NC(CC(C)C)C(=O)O)c2)cc1. The second-order valence-electron chi connectivity index (χ2n) is 6.54. The minimum Gasteiger partial charge on any atom is -0.480 e. The van der Waals surface area contributed by atoms with E-state index in [1.807, 2.05) is 20.8 Å². The average Bonchev–Trinajstić information content (AvgIpc) is 3.05. The highest BCUT2D eigenvalue weighted by Crippen LogP contribution is 2.16. The van der Waals surface area contributed by atoms with Crippen molar-refractivity contribution in [3.8, 4) is 0 Å². The molecule has 0 aliphatic carbocycles. The molecule has 2 rings (SSSR count). The molecule has 2 aromatic rings. The molecule has 26 heavy (non-hydrogen) atoms. The molecule has 1 amide bonds. The predicted octanol–water partition coefficient (Wildman–Crippen LogP) is 2.26. The van der Waals surface area contributed by atoms with Gasteiger partial charge in [0.2, 0.25) is 0 Å². The Morgan fingerprint density at radius 1 is 1.15 bits per heavy atom. The van der Waals surface area contributed by atoms with Gasteiger partial charge < -0.3 is 10.4 Å². The third-order valence-corrected chi connectivity index (χ3v) is 5.49. The third kappa shape index (κ3) is 4.51. The van der Waals surface area contributed by atoms with E-state index >= 15 is 0 Å². The first kappa shape index (κ1) is 19.7. The Hall–Kier alpha value is -2.61. The molecule has 0 aliphatic rings. The van der Waals surface area contributed by atoms with E-state index in [1.165, 1.54) is 30.6 Å². The molecule has 0 radical (unpaired) electrons. The van der Waals surface area contributed by atoms with Crippen LogP contribution >= 0.6 is 0 Å². The number of aryl methyl sites for hydroxylation is 1. The number of hydrogen-bond donors (Lipinski definition) is 2. The van der Waals surface area contributed by atoms with Crippen molar-refractivity contribution in [3.63, 3.8) is 0 Å². The van der Waals surface area contributed by atoms with Crippen LogP contribution in [0, 0.1) is 12.8 Å². The van der Waals surface area contributed by atoms with Gasteiger partial charge >= 0.3 is 5.97 Å². The van der Waals surface area contributed by atoms with E-state index in [1.54, 1.807) is 12.1 Å². The Bertz CT molecular complexity index is 898. The zero-order valence-electron chi connectivity index (χ0n) is 14.8. The van der Waals surface area contributed by atoms with Crippen LogP contribution < -0.4 is 5.32 Å². The molecule has 1 aromatic heterocycles. The first-order chi connectivity index (χ1) is 12.1. The van der Waals surface area contributed by atoms with Crippen LogP contribution in [0.15, 0.2) is 47.6 Å². The van der Waals surface area contributed by atoms with Crippen molar-refractivity contribution in [2.45, 2.75) is 38.1 Å². The lowest BCUT2D eigenvalue weighted by molar-refractivity contribution is -0.139. The number of benzene rings is 1. The predicted molar refractivity (Wildman–Crippen MR) is 96.5 cm³/mol. The topological polar surface area (TPSA) is 105 Å². The molecule has 0 saturated heterocycles. The van der Waals surface area contributed by atoms with Gasteiger partial charge in [0.15, 0.2) is 0 Å². The summed E-state index contributed by atoms with van der Waals surface area (Å²) in [6, 6.07) is 6.68. The zero-order valence-corrected chi connectivity index (χ0v) is 15.7. The number of hydrogen-bond acceptors (Lipinski definition) is 4. The van der Waals surface area contributed by atoms with E-state index in [0.717, 1.165) is 9.54 Å². The Kier molecular flexibility index (Phi) is 5.86. The summed E-state index contributed by atoms with van der Waals surface area (Å²) in [4.78, 5) is 23.6. The van der Waals surface area contributed by atoms with Crippen molar-refractivity contribution >= 4 is 21.9 Å². The van der Waals surface area contributed by atoms with Gasteiger partial charge in [-0.3, -0.25) is 4.79 Å². The molecule has 2 N–H and O–H groups in total. The van der Waals surface area contributed by atoms with Crippen LogP contribution in [0.25, 0.3) is 0 Å². The molecular formula is C18H22N2O5S. The van der Waals surface area contributed by atoms with Crippen molar-refractivity contribution in [1.29, 1.82) is 0 Å². The Labute approximate surface area is 152 Å². The molecule has 1 atom stereocenters. The fourth-order valence-corrected chi connectivity index (χ4v) is 3.62. The number of aliphatic carboxylic acids is 1. The van der Waals surface area contributed by atoms with Crippen molar-refractivity contribution in [2.75, 3.05) is 0 Å². The highest BCUT2D eigenvalue weighted by molar-refractivity contribution is 7.90. The lowest BCUT2D eigenvalue weighted by Crippen LogP contribution is -2.41. The molecule has 140 valence electrons. The number of nitrogens with zero attached hydrogens (tertiary/aromatic N) is 1. The van der Waals surface area contributed by atoms with Crippen molar-refractivity contribution in [1.82, 2.24) is 9.29 Å². The summed E-state index contributed by atoms with van der Waals surface area (Å²) in [7, 11) is -3.81. The summed E-state index contributed by atoms with van der Waals surface area (Å²) in [5.41, 5.74) is 1.01. The number of nitrogens with one attached hydrogen (secondary N) is 1. The summed E-state index contributed by atoms with van der Waals surface area (Å²) in [5.74, 6) is -1.67. The van der Waals surface area contributed by atoms with Crippen LogP contribution in [-0.2, 0) is 14.8 Å². The van der Waals surface area contributed by atoms with Gasteiger partial charge in [-0.15, -0.1) is 0 Å². The van der Waals surface area contributed by atoms with Gasteiger partial charge in [-0.05, 0) is 37.5 Å². The Balaban J connectivity index is 2.21. The number of carboxylic acid groups (broad SMARTS) is 1. The molecule has 0 aliphatic heterocycles. The summed E-state index contributed by atoms with van der Waals surface area (Å²) in [6.45, 7) is 5.56.